The van der Waals surface area contributed by atoms with Crippen LogP contribution in [0.4, 0.5) is 0 Å². The van der Waals surface area contributed by atoms with E-state index >= 15 is 0 Å². The van der Waals surface area contributed by atoms with Crippen molar-refractivity contribution in [2.75, 3.05) is 13.2 Å². The SMILES string of the molecule is CCOC(=O)C1=C(C)NC(=S)N[C@H]1c1ccccc1OCC(=O)NN=Cc1ccc(-c2ccc(Br)c(Cl)c2)o1. The fraction of sp³-hybridized carbons (Fsp3) is 0.185. The van der Waals surface area contributed by atoms with E-state index < -0.39 is 17.9 Å². The lowest BCUT2D eigenvalue weighted by Crippen LogP contribution is -2.45. The number of thiocarbonyl (C=S) groups is 1. The second-order valence-corrected chi connectivity index (χ2v) is 9.91. The van der Waals surface area contributed by atoms with E-state index in [1.54, 1.807) is 56.3 Å². The molecule has 1 aromatic heterocycles. The van der Waals surface area contributed by atoms with Gasteiger partial charge in [-0.25, -0.2) is 10.2 Å². The first-order valence-corrected chi connectivity index (χ1v) is 13.4. The highest BCUT2D eigenvalue weighted by Gasteiger charge is 2.32. The molecule has 0 spiro atoms. The van der Waals surface area contributed by atoms with E-state index in [1.807, 2.05) is 12.1 Å². The van der Waals surface area contributed by atoms with Gasteiger partial charge in [-0.3, -0.25) is 4.79 Å². The van der Waals surface area contributed by atoms with Crippen molar-refractivity contribution >= 4 is 63.0 Å². The molecule has 3 aromatic rings. The molecular formula is C27H24BrClN4O5S. The number of ether oxygens (including phenoxy) is 2. The summed E-state index contributed by atoms with van der Waals surface area (Å²) in [5.74, 6) is 0.483. The van der Waals surface area contributed by atoms with Gasteiger partial charge in [-0.05, 0) is 72.3 Å². The van der Waals surface area contributed by atoms with E-state index in [2.05, 4.69) is 37.1 Å². The summed E-state index contributed by atoms with van der Waals surface area (Å²) in [6.45, 7) is 3.39. The van der Waals surface area contributed by atoms with Crippen LogP contribution in [0.5, 0.6) is 5.75 Å². The standard InChI is InChI=1S/C27H24BrClN4O5S/c1-3-36-26(35)24-15(2)31-27(39)32-25(24)18-6-4-5-7-22(18)37-14-23(34)33-30-13-17-9-11-21(38-17)16-8-10-19(28)20(29)12-16/h4-13,25H,3,14H2,1-2H3,(H,33,34)(H2,31,32,39)/t25-/m0/s1. The Morgan fingerprint density at radius 1 is 1.23 bits per heavy atom. The van der Waals surface area contributed by atoms with Crippen molar-refractivity contribution in [3.05, 3.63) is 86.7 Å². The zero-order valence-corrected chi connectivity index (χ0v) is 24.1. The van der Waals surface area contributed by atoms with Crippen molar-refractivity contribution in [3.63, 3.8) is 0 Å². The van der Waals surface area contributed by atoms with E-state index in [4.69, 9.17) is 37.7 Å². The van der Waals surface area contributed by atoms with Crippen LogP contribution in [-0.4, -0.2) is 36.4 Å². The summed E-state index contributed by atoms with van der Waals surface area (Å²) in [6.07, 6.45) is 1.38. The molecule has 39 heavy (non-hydrogen) atoms. The van der Waals surface area contributed by atoms with Crippen molar-refractivity contribution in [2.45, 2.75) is 19.9 Å². The lowest BCUT2D eigenvalue weighted by Gasteiger charge is -2.30. The summed E-state index contributed by atoms with van der Waals surface area (Å²) < 4.78 is 17.6. The lowest BCUT2D eigenvalue weighted by molar-refractivity contribution is -0.139. The number of nitrogens with zero attached hydrogens (tertiary/aromatic N) is 1. The average molecular weight is 632 g/mol. The molecule has 1 atom stereocenters. The molecule has 1 aliphatic heterocycles. The number of furan rings is 1. The van der Waals surface area contributed by atoms with Crippen molar-refractivity contribution in [1.29, 1.82) is 0 Å². The summed E-state index contributed by atoms with van der Waals surface area (Å²) in [5, 5.41) is 10.9. The van der Waals surface area contributed by atoms with Crippen LogP contribution < -0.4 is 20.8 Å². The first-order chi connectivity index (χ1) is 18.8. The van der Waals surface area contributed by atoms with E-state index in [9.17, 15) is 9.59 Å². The second-order valence-electron chi connectivity index (χ2n) is 8.24. The third-order valence-corrected chi connectivity index (χ3v) is 7.02. The summed E-state index contributed by atoms with van der Waals surface area (Å²) in [4.78, 5) is 25.1. The third kappa shape index (κ3) is 7.05. The highest BCUT2D eigenvalue weighted by Crippen LogP contribution is 2.34. The largest absolute Gasteiger partial charge is 0.483 e. The van der Waals surface area contributed by atoms with Gasteiger partial charge in [0, 0.05) is 21.3 Å². The van der Waals surface area contributed by atoms with Gasteiger partial charge in [0.1, 0.15) is 17.3 Å². The van der Waals surface area contributed by atoms with Gasteiger partial charge in [0.15, 0.2) is 11.7 Å². The van der Waals surface area contributed by atoms with Crippen LogP contribution in [0.3, 0.4) is 0 Å². The Bertz CT molecular complexity index is 1470. The highest BCUT2D eigenvalue weighted by molar-refractivity contribution is 9.10. The molecule has 0 unspecified atom stereocenters. The first-order valence-electron chi connectivity index (χ1n) is 11.8. The Morgan fingerprint density at radius 2 is 2.03 bits per heavy atom. The molecule has 2 aromatic carbocycles. The number of hydrogen-bond acceptors (Lipinski definition) is 7. The maximum Gasteiger partial charge on any atom is 0.338 e. The van der Waals surface area contributed by atoms with E-state index in [0.29, 0.717) is 44.2 Å². The normalized spacial score (nSPS) is 15.1. The number of hydrogen-bond donors (Lipinski definition) is 3. The van der Waals surface area contributed by atoms with Crippen molar-refractivity contribution in [2.24, 2.45) is 5.10 Å². The molecule has 3 N–H and O–H groups in total. The number of hydrazone groups is 1. The molecule has 12 heteroatoms. The molecule has 1 amide bonds. The molecule has 0 aliphatic carbocycles. The van der Waals surface area contributed by atoms with Crippen LogP contribution in [0, 0.1) is 0 Å². The molecule has 0 bridgehead atoms. The number of rotatable bonds is 9. The average Bonchev–Trinajstić information content (AvgIpc) is 3.38. The minimum Gasteiger partial charge on any atom is -0.483 e. The van der Waals surface area contributed by atoms with Gasteiger partial charge in [0.05, 0.1) is 29.5 Å². The third-order valence-electron chi connectivity index (χ3n) is 5.57. The van der Waals surface area contributed by atoms with Crippen LogP contribution in [0.15, 0.2) is 79.9 Å². The van der Waals surface area contributed by atoms with Crippen LogP contribution in [-0.2, 0) is 14.3 Å². The summed E-state index contributed by atoms with van der Waals surface area (Å²) >= 11 is 14.8. The Morgan fingerprint density at radius 3 is 2.79 bits per heavy atom. The Kier molecular flexibility index (Phi) is 9.39. The maximum atomic E-state index is 12.7. The number of halogens is 2. The molecule has 2 heterocycles. The quantitative estimate of drug-likeness (QED) is 0.127. The zero-order chi connectivity index (χ0) is 27.9. The van der Waals surface area contributed by atoms with Gasteiger partial charge < -0.3 is 24.5 Å². The van der Waals surface area contributed by atoms with Gasteiger partial charge in [0.2, 0.25) is 0 Å². The molecule has 202 valence electrons. The maximum absolute atomic E-state index is 12.7. The summed E-state index contributed by atoms with van der Waals surface area (Å²) in [7, 11) is 0. The molecule has 0 fully saturated rings. The number of nitrogens with one attached hydrogen (secondary N) is 3. The molecule has 4 rings (SSSR count). The van der Waals surface area contributed by atoms with Crippen molar-refractivity contribution in [1.82, 2.24) is 16.1 Å². The molecule has 0 saturated carbocycles. The van der Waals surface area contributed by atoms with E-state index in [-0.39, 0.29) is 13.2 Å². The predicted octanol–water partition coefficient (Wildman–Crippen LogP) is 5.25. The number of benzene rings is 2. The highest BCUT2D eigenvalue weighted by atomic mass is 79.9. The summed E-state index contributed by atoms with van der Waals surface area (Å²) in [5.41, 5.74) is 4.79. The Balaban J connectivity index is 1.40. The number of esters is 1. The minimum atomic E-state index is -0.621. The van der Waals surface area contributed by atoms with Crippen LogP contribution in [0.1, 0.15) is 31.2 Å². The summed E-state index contributed by atoms with van der Waals surface area (Å²) in [6, 6.07) is 15.4. The minimum absolute atomic E-state index is 0.226. The van der Waals surface area contributed by atoms with Gasteiger partial charge in [0.25, 0.3) is 5.91 Å². The number of carbonyl (C=O) groups is 2. The smallest absolute Gasteiger partial charge is 0.338 e. The topological polar surface area (TPSA) is 114 Å². The van der Waals surface area contributed by atoms with E-state index in [1.165, 1.54) is 6.21 Å². The fourth-order valence-corrected chi connectivity index (χ4v) is 4.53. The number of allylic oxidation sites excluding steroid dienone is 1. The number of amides is 1. The molecule has 9 nitrogen and oxygen atoms in total. The van der Waals surface area contributed by atoms with Gasteiger partial charge in [-0.2, -0.15) is 5.10 Å². The molecule has 0 saturated heterocycles. The number of para-hydroxylation sites is 1. The predicted molar refractivity (Wildman–Crippen MR) is 155 cm³/mol. The fourth-order valence-electron chi connectivity index (χ4n) is 3.83. The van der Waals surface area contributed by atoms with Crippen LogP contribution in [0.25, 0.3) is 11.3 Å². The lowest BCUT2D eigenvalue weighted by atomic mass is 9.95. The molecule has 0 radical (unpaired) electrons. The molecule has 1 aliphatic rings. The monoisotopic (exact) mass is 630 g/mol. The van der Waals surface area contributed by atoms with Crippen LogP contribution >= 0.6 is 39.7 Å². The van der Waals surface area contributed by atoms with Gasteiger partial charge in [-0.15, -0.1) is 0 Å². The van der Waals surface area contributed by atoms with Gasteiger partial charge in [-0.1, -0.05) is 35.9 Å². The Labute approximate surface area is 243 Å². The number of carbonyl (C=O) groups excluding carboxylic acids is 2. The second kappa shape index (κ2) is 12.9. The Hall–Kier alpha value is -3.67. The van der Waals surface area contributed by atoms with Crippen molar-refractivity contribution < 1.29 is 23.5 Å². The van der Waals surface area contributed by atoms with Crippen molar-refractivity contribution in [3.8, 4) is 17.1 Å². The molecular weight excluding hydrogens is 608 g/mol. The first kappa shape index (κ1) is 28.3. The zero-order valence-electron chi connectivity index (χ0n) is 20.9. The van der Waals surface area contributed by atoms with Crippen LogP contribution in [0.2, 0.25) is 5.02 Å². The van der Waals surface area contributed by atoms with Gasteiger partial charge >= 0.3 is 5.97 Å². The van der Waals surface area contributed by atoms with E-state index in [0.717, 1.165) is 10.0 Å².